The fourth-order valence-corrected chi connectivity index (χ4v) is 4.40. The van der Waals surface area contributed by atoms with Crippen molar-refractivity contribution in [3.63, 3.8) is 0 Å². The molecule has 192 valence electrons. The van der Waals surface area contributed by atoms with Crippen molar-refractivity contribution < 1.29 is 36.9 Å². The fraction of sp³-hybridized carbons (Fsp3) is 0.360. The van der Waals surface area contributed by atoms with Gasteiger partial charge in [0.1, 0.15) is 17.8 Å². The van der Waals surface area contributed by atoms with Crippen LogP contribution >= 0.6 is 11.6 Å². The molecule has 0 amide bonds. The number of carbonyl (C=O) groups excluding carboxylic acids is 1. The van der Waals surface area contributed by atoms with E-state index in [0.29, 0.717) is 41.5 Å². The highest BCUT2D eigenvalue weighted by Crippen LogP contribution is 2.36. The number of alkyl halides is 3. The van der Waals surface area contributed by atoms with E-state index in [9.17, 15) is 18.0 Å². The van der Waals surface area contributed by atoms with Crippen molar-refractivity contribution in [2.45, 2.75) is 44.6 Å². The number of para-hydroxylation sites is 1. The number of benzene rings is 2. The van der Waals surface area contributed by atoms with Crippen LogP contribution in [0.4, 0.5) is 24.7 Å². The Kier molecular flexibility index (Phi) is 7.87. The lowest BCUT2D eigenvalue weighted by Gasteiger charge is -2.40. The van der Waals surface area contributed by atoms with Crippen molar-refractivity contribution in [2.75, 3.05) is 18.6 Å². The molecule has 4 rings (SSSR count). The quantitative estimate of drug-likeness (QED) is 0.351. The summed E-state index contributed by atoms with van der Waals surface area (Å²) in [4.78, 5) is 18.8. The van der Waals surface area contributed by atoms with E-state index in [1.54, 1.807) is 23.1 Å². The fourth-order valence-electron chi connectivity index (χ4n) is 4.17. The topological polar surface area (TPSA) is 70.1 Å². The van der Waals surface area contributed by atoms with Crippen molar-refractivity contribution in [1.82, 2.24) is 4.98 Å². The van der Waals surface area contributed by atoms with Crippen LogP contribution in [0.25, 0.3) is 10.9 Å². The maximum Gasteiger partial charge on any atom is 0.573 e. The molecule has 0 unspecified atom stereocenters. The summed E-state index contributed by atoms with van der Waals surface area (Å²) in [5.41, 5.74) is 1.01. The van der Waals surface area contributed by atoms with Gasteiger partial charge in [0.05, 0.1) is 23.8 Å². The SMILES string of the molecule is CCO[C@H]1C[C@@H](C(=O)OC)O[C@@H](N(c2ccc(OC(F)(F)F)cc2)c2ccc3cccc(Cl)c3n2)C1. The number of halogens is 4. The summed E-state index contributed by atoms with van der Waals surface area (Å²) in [5, 5.41) is 1.25. The van der Waals surface area contributed by atoms with Gasteiger partial charge in [-0.15, -0.1) is 13.2 Å². The van der Waals surface area contributed by atoms with Crippen LogP contribution in [0.15, 0.2) is 54.6 Å². The zero-order valence-electron chi connectivity index (χ0n) is 19.5. The largest absolute Gasteiger partial charge is 0.573 e. The molecule has 1 fully saturated rings. The predicted molar refractivity (Wildman–Crippen MR) is 127 cm³/mol. The Morgan fingerprint density at radius 2 is 1.89 bits per heavy atom. The van der Waals surface area contributed by atoms with Crippen molar-refractivity contribution in [3.8, 4) is 5.75 Å². The van der Waals surface area contributed by atoms with Crippen LogP contribution < -0.4 is 9.64 Å². The molecule has 1 aliphatic rings. The van der Waals surface area contributed by atoms with Gasteiger partial charge in [0, 0.05) is 30.5 Å². The first-order chi connectivity index (χ1) is 17.2. The van der Waals surface area contributed by atoms with Crippen LogP contribution in [-0.2, 0) is 19.0 Å². The van der Waals surface area contributed by atoms with Gasteiger partial charge >= 0.3 is 12.3 Å². The van der Waals surface area contributed by atoms with Crippen molar-refractivity contribution in [2.24, 2.45) is 0 Å². The summed E-state index contributed by atoms with van der Waals surface area (Å²) in [7, 11) is 1.27. The molecule has 0 N–H and O–H groups in total. The molecule has 0 spiro atoms. The molecule has 2 heterocycles. The Morgan fingerprint density at radius 3 is 2.56 bits per heavy atom. The lowest BCUT2D eigenvalue weighted by molar-refractivity contribution is -0.274. The predicted octanol–water partition coefficient (Wildman–Crippen LogP) is 6.01. The highest BCUT2D eigenvalue weighted by atomic mass is 35.5. The van der Waals surface area contributed by atoms with Gasteiger partial charge in [0.25, 0.3) is 0 Å². The van der Waals surface area contributed by atoms with Crippen molar-refractivity contribution in [3.05, 3.63) is 59.6 Å². The van der Waals surface area contributed by atoms with Gasteiger partial charge in [-0.05, 0) is 49.4 Å². The number of methoxy groups -OCH3 is 1. The highest BCUT2D eigenvalue weighted by Gasteiger charge is 2.39. The second-order valence-electron chi connectivity index (χ2n) is 8.04. The van der Waals surface area contributed by atoms with Gasteiger partial charge in [0.15, 0.2) is 6.10 Å². The average molecular weight is 525 g/mol. The van der Waals surface area contributed by atoms with E-state index in [1.807, 2.05) is 19.1 Å². The number of aromatic nitrogens is 1. The summed E-state index contributed by atoms with van der Waals surface area (Å²) < 4.78 is 58.9. The third kappa shape index (κ3) is 6.00. The lowest BCUT2D eigenvalue weighted by atomic mass is 10.0. The normalized spacial score (nSPS) is 20.2. The number of fused-ring (bicyclic) bond motifs is 1. The molecular weight excluding hydrogens is 501 g/mol. The van der Waals surface area contributed by atoms with Gasteiger partial charge in [-0.2, -0.15) is 0 Å². The summed E-state index contributed by atoms with van der Waals surface area (Å²) in [6, 6.07) is 14.3. The zero-order valence-corrected chi connectivity index (χ0v) is 20.3. The molecule has 0 radical (unpaired) electrons. The third-order valence-corrected chi connectivity index (χ3v) is 5.97. The monoisotopic (exact) mass is 524 g/mol. The molecule has 0 aliphatic carbocycles. The molecule has 3 aromatic rings. The average Bonchev–Trinajstić information content (AvgIpc) is 2.84. The third-order valence-electron chi connectivity index (χ3n) is 5.67. The second kappa shape index (κ2) is 10.9. The molecule has 1 saturated heterocycles. The van der Waals surface area contributed by atoms with Crippen LogP contribution in [0.3, 0.4) is 0 Å². The molecule has 11 heteroatoms. The standard InChI is InChI=1S/C25H24ClF3N2O5/c1-3-34-18-13-20(24(32)33-2)35-22(14-18)31(16-8-10-17(11-9-16)36-25(27,28)29)21-12-7-15-5-4-6-19(26)23(15)30-21/h4-12,18,20,22H,3,13-14H2,1-2H3/t18-,20-,22+/m0/s1. The summed E-state index contributed by atoms with van der Waals surface area (Å²) >= 11 is 6.38. The van der Waals surface area contributed by atoms with E-state index >= 15 is 0 Å². The van der Waals surface area contributed by atoms with E-state index in [4.69, 9.17) is 30.8 Å². The second-order valence-corrected chi connectivity index (χ2v) is 8.45. The molecule has 1 aliphatic heterocycles. The van der Waals surface area contributed by atoms with Crippen LogP contribution in [0.1, 0.15) is 19.8 Å². The first-order valence-corrected chi connectivity index (χ1v) is 11.6. The molecule has 36 heavy (non-hydrogen) atoms. The summed E-state index contributed by atoms with van der Waals surface area (Å²) in [5.74, 6) is -0.497. The Morgan fingerprint density at radius 1 is 1.14 bits per heavy atom. The molecule has 1 aromatic heterocycles. The van der Waals surface area contributed by atoms with Crippen LogP contribution in [-0.4, -0.2) is 49.5 Å². The first-order valence-electron chi connectivity index (χ1n) is 11.2. The molecule has 2 aromatic carbocycles. The Labute approximate surface area is 210 Å². The minimum Gasteiger partial charge on any atom is -0.467 e. The van der Waals surface area contributed by atoms with Gasteiger partial charge in [-0.25, -0.2) is 9.78 Å². The minimum atomic E-state index is -4.82. The number of hydrogen-bond donors (Lipinski definition) is 0. The Bertz CT molecular complexity index is 1210. The van der Waals surface area contributed by atoms with E-state index < -0.39 is 24.7 Å². The maximum absolute atomic E-state index is 12.7. The number of carbonyl (C=O) groups is 1. The number of hydrogen-bond acceptors (Lipinski definition) is 7. The minimum absolute atomic E-state index is 0.306. The number of nitrogens with zero attached hydrogens (tertiary/aromatic N) is 2. The Balaban J connectivity index is 1.77. The molecular formula is C25H24ClF3N2O5. The van der Waals surface area contributed by atoms with E-state index in [0.717, 1.165) is 5.39 Å². The number of anilines is 2. The first kappa shape index (κ1) is 26.0. The molecule has 3 atom stereocenters. The smallest absolute Gasteiger partial charge is 0.467 e. The van der Waals surface area contributed by atoms with E-state index in [1.165, 1.54) is 31.4 Å². The summed E-state index contributed by atoms with van der Waals surface area (Å²) in [6.07, 6.45) is -6.11. The van der Waals surface area contributed by atoms with Crippen molar-refractivity contribution in [1.29, 1.82) is 0 Å². The van der Waals surface area contributed by atoms with Crippen molar-refractivity contribution >= 4 is 40.0 Å². The number of rotatable bonds is 7. The molecule has 7 nitrogen and oxygen atoms in total. The number of esters is 1. The van der Waals surface area contributed by atoms with Crippen LogP contribution in [0.2, 0.25) is 5.02 Å². The molecule has 0 saturated carbocycles. The Hall–Kier alpha value is -3.08. The van der Waals surface area contributed by atoms with Gasteiger partial charge in [-0.3, -0.25) is 4.90 Å². The van der Waals surface area contributed by atoms with Gasteiger partial charge in [-0.1, -0.05) is 23.7 Å². The lowest BCUT2D eigenvalue weighted by Crippen LogP contribution is -2.48. The van der Waals surface area contributed by atoms with Gasteiger partial charge < -0.3 is 18.9 Å². The zero-order chi connectivity index (χ0) is 25.9. The van der Waals surface area contributed by atoms with Crippen LogP contribution in [0.5, 0.6) is 5.75 Å². The highest BCUT2D eigenvalue weighted by molar-refractivity contribution is 6.35. The van der Waals surface area contributed by atoms with E-state index in [2.05, 4.69) is 4.74 Å². The molecule has 0 bridgehead atoms. The van der Waals surface area contributed by atoms with Crippen LogP contribution in [0, 0.1) is 0 Å². The summed E-state index contributed by atoms with van der Waals surface area (Å²) in [6.45, 7) is 2.28. The van der Waals surface area contributed by atoms with Gasteiger partial charge in [0.2, 0.25) is 0 Å². The number of ether oxygens (including phenoxy) is 4. The van der Waals surface area contributed by atoms with E-state index in [-0.39, 0.29) is 11.9 Å². The number of pyridine rings is 1. The maximum atomic E-state index is 12.7.